The molecule has 14 heavy (non-hydrogen) atoms. The van der Waals surface area contributed by atoms with E-state index in [-0.39, 0.29) is 11.8 Å². The van der Waals surface area contributed by atoms with Crippen molar-refractivity contribution in [1.29, 1.82) is 0 Å². The highest BCUT2D eigenvalue weighted by atomic mass is 16.4. The summed E-state index contributed by atoms with van der Waals surface area (Å²) in [5.41, 5.74) is 0. The Hall–Kier alpha value is -1.06. The Morgan fingerprint density at radius 1 is 1.36 bits per heavy atom. The molecule has 4 heteroatoms. The number of hydrogen-bond acceptors (Lipinski definition) is 2. The second-order valence-electron chi connectivity index (χ2n) is 4.29. The topological polar surface area (TPSA) is 66.4 Å². The van der Waals surface area contributed by atoms with E-state index >= 15 is 0 Å². The zero-order valence-corrected chi connectivity index (χ0v) is 8.03. The van der Waals surface area contributed by atoms with Gasteiger partial charge in [-0.25, -0.2) is 4.79 Å². The average Bonchev–Trinajstić information content (AvgIpc) is 2.17. The van der Waals surface area contributed by atoms with Crippen LogP contribution in [0.4, 0.5) is 0 Å². The van der Waals surface area contributed by atoms with Crippen molar-refractivity contribution in [3.8, 4) is 0 Å². The van der Waals surface area contributed by atoms with Crippen LogP contribution in [0.5, 0.6) is 0 Å². The molecule has 0 spiro atoms. The smallest absolute Gasteiger partial charge is 0.326 e. The summed E-state index contributed by atoms with van der Waals surface area (Å²) in [4.78, 5) is 22.3. The molecular weight excluding hydrogens is 182 g/mol. The summed E-state index contributed by atoms with van der Waals surface area (Å²) >= 11 is 0. The lowest BCUT2D eigenvalue weighted by molar-refractivity contribution is -0.146. The number of amides is 1. The van der Waals surface area contributed by atoms with Gasteiger partial charge in [-0.3, -0.25) is 4.79 Å². The Labute approximate surface area is 82.7 Å². The van der Waals surface area contributed by atoms with Crippen LogP contribution in [0.3, 0.4) is 0 Å². The summed E-state index contributed by atoms with van der Waals surface area (Å²) in [6.07, 6.45) is 4.81. The molecule has 0 radical (unpaired) electrons. The third-order valence-corrected chi connectivity index (χ3v) is 3.40. The van der Waals surface area contributed by atoms with Crippen LogP contribution in [0.15, 0.2) is 0 Å². The number of rotatable bonds is 1. The van der Waals surface area contributed by atoms with Crippen LogP contribution in [0.2, 0.25) is 0 Å². The summed E-state index contributed by atoms with van der Waals surface area (Å²) < 4.78 is 0. The van der Waals surface area contributed by atoms with Crippen LogP contribution in [-0.2, 0) is 9.59 Å². The van der Waals surface area contributed by atoms with Gasteiger partial charge in [0.05, 0.1) is 0 Å². The summed E-state index contributed by atoms with van der Waals surface area (Å²) in [6.45, 7) is 0. The van der Waals surface area contributed by atoms with Gasteiger partial charge in [0.25, 0.3) is 0 Å². The molecule has 78 valence electrons. The molecule has 0 aromatic rings. The largest absolute Gasteiger partial charge is 0.480 e. The molecule has 3 unspecified atom stereocenters. The molecule has 3 atom stereocenters. The van der Waals surface area contributed by atoms with E-state index in [1.54, 1.807) is 0 Å². The number of carboxylic acid groups (broad SMARTS) is 1. The van der Waals surface area contributed by atoms with Crippen LogP contribution >= 0.6 is 0 Å². The highest BCUT2D eigenvalue weighted by molar-refractivity contribution is 5.86. The predicted molar refractivity (Wildman–Crippen MR) is 49.6 cm³/mol. The van der Waals surface area contributed by atoms with Crippen molar-refractivity contribution in [2.45, 2.75) is 38.1 Å². The van der Waals surface area contributed by atoms with Crippen molar-refractivity contribution in [2.75, 3.05) is 0 Å². The van der Waals surface area contributed by atoms with E-state index in [0.29, 0.717) is 12.3 Å². The lowest BCUT2D eigenvalue weighted by Crippen LogP contribution is -2.52. The quantitative estimate of drug-likeness (QED) is 0.652. The molecule has 4 nitrogen and oxygen atoms in total. The first-order valence-corrected chi connectivity index (χ1v) is 5.21. The second kappa shape index (κ2) is 3.59. The molecule has 0 bridgehead atoms. The lowest BCUT2D eigenvalue weighted by Gasteiger charge is -2.37. The molecule has 1 saturated carbocycles. The number of carbonyl (C=O) groups is 2. The normalized spacial score (nSPS) is 37.1. The first kappa shape index (κ1) is 9.49. The van der Waals surface area contributed by atoms with E-state index in [2.05, 4.69) is 5.32 Å². The minimum absolute atomic E-state index is 0.0478. The summed E-state index contributed by atoms with van der Waals surface area (Å²) in [6, 6.07) is -0.651. The fourth-order valence-electron chi connectivity index (χ4n) is 2.64. The number of hydrogen-bond donors (Lipinski definition) is 2. The van der Waals surface area contributed by atoms with E-state index < -0.39 is 12.0 Å². The van der Waals surface area contributed by atoms with Gasteiger partial charge in [0.1, 0.15) is 6.04 Å². The molecule has 2 fully saturated rings. The van der Waals surface area contributed by atoms with Gasteiger partial charge < -0.3 is 10.4 Å². The van der Waals surface area contributed by atoms with Crippen molar-refractivity contribution in [1.82, 2.24) is 5.32 Å². The lowest BCUT2D eigenvalue weighted by atomic mass is 9.73. The van der Waals surface area contributed by atoms with Gasteiger partial charge in [0, 0.05) is 5.92 Å². The molecule has 1 saturated heterocycles. The highest BCUT2D eigenvalue weighted by Gasteiger charge is 2.39. The molecule has 1 aliphatic heterocycles. The van der Waals surface area contributed by atoms with Crippen molar-refractivity contribution in [3.05, 3.63) is 0 Å². The fraction of sp³-hybridized carbons (Fsp3) is 0.800. The van der Waals surface area contributed by atoms with E-state index in [9.17, 15) is 9.59 Å². The summed E-state index contributed by atoms with van der Waals surface area (Å²) in [5, 5.41) is 11.4. The van der Waals surface area contributed by atoms with Crippen LogP contribution < -0.4 is 5.32 Å². The number of aliphatic carboxylic acids is 1. The molecule has 1 amide bonds. The number of nitrogens with one attached hydrogen (secondary N) is 1. The Morgan fingerprint density at radius 2 is 2.07 bits per heavy atom. The standard InChI is InChI=1S/C10H15NO3/c12-9-7-4-2-1-3-6(7)5-8(11-9)10(13)14/h6-8H,1-5H2,(H,11,12)(H,13,14). The third-order valence-electron chi connectivity index (χ3n) is 3.40. The minimum Gasteiger partial charge on any atom is -0.480 e. The van der Waals surface area contributed by atoms with Crippen LogP contribution in [0, 0.1) is 11.8 Å². The molecule has 2 aliphatic rings. The van der Waals surface area contributed by atoms with Gasteiger partial charge >= 0.3 is 5.97 Å². The zero-order chi connectivity index (χ0) is 10.1. The molecule has 1 aliphatic carbocycles. The maximum Gasteiger partial charge on any atom is 0.326 e. The molecule has 0 aromatic carbocycles. The number of carbonyl (C=O) groups excluding carboxylic acids is 1. The van der Waals surface area contributed by atoms with E-state index in [4.69, 9.17) is 5.11 Å². The van der Waals surface area contributed by atoms with Crippen LogP contribution in [0.25, 0.3) is 0 Å². The monoisotopic (exact) mass is 197 g/mol. The SMILES string of the molecule is O=C(O)C1CC2CCCCC2C(=O)N1. The first-order chi connectivity index (χ1) is 6.68. The van der Waals surface area contributed by atoms with Crippen molar-refractivity contribution >= 4 is 11.9 Å². The molecule has 0 aromatic heterocycles. The Bertz CT molecular complexity index is 264. The second-order valence-corrected chi connectivity index (χ2v) is 4.29. The van der Waals surface area contributed by atoms with Crippen LogP contribution in [0.1, 0.15) is 32.1 Å². The van der Waals surface area contributed by atoms with E-state index in [1.807, 2.05) is 0 Å². The van der Waals surface area contributed by atoms with Gasteiger partial charge in [-0.2, -0.15) is 0 Å². The van der Waals surface area contributed by atoms with E-state index in [1.165, 1.54) is 0 Å². The predicted octanol–water partition coefficient (Wildman–Crippen LogP) is 0.766. The minimum atomic E-state index is -0.901. The number of piperidine rings is 1. The molecular formula is C10H15NO3. The highest BCUT2D eigenvalue weighted by Crippen LogP contribution is 2.35. The third kappa shape index (κ3) is 1.61. The zero-order valence-electron chi connectivity index (χ0n) is 8.03. The van der Waals surface area contributed by atoms with Gasteiger partial charge in [0.2, 0.25) is 5.91 Å². The van der Waals surface area contributed by atoms with Gasteiger partial charge in [-0.15, -0.1) is 0 Å². The Morgan fingerprint density at radius 3 is 2.79 bits per heavy atom. The molecule has 1 heterocycles. The maximum absolute atomic E-state index is 11.6. The van der Waals surface area contributed by atoms with Crippen molar-refractivity contribution in [3.63, 3.8) is 0 Å². The average molecular weight is 197 g/mol. The van der Waals surface area contributed by atoms with Gasteiger partial charge in [-0.05, 0) is 25.2 Å². The molecule has 2 rings (SSSR count). The first-order valence-electron chi connectivity index (χ1n) is 5.21. The summed E-state index contributed by atoms with van der Waals surface area (Å²) in [7, 11) is 0. The Balaban J connectivity index is 2.08. The maximum atomic E-state index is 11.6. The van der Waals surface area contributed by atoms with E-state index in [0.717, 1.165) is 25.7 Å². The van der Waals surface area contributed by atoms with Crippen molar-refractivity contribution < 1.29 is 14.7 Å². The van der Waals surface area contributed by atoms with Gasteiger partial charge in [-0.1, -0.05) is 12.8 Å². The number of carboxylic acids is 1. The summed E-state index contributed by atoms with van der Waals surface area (Å²) in [5.74, 6) is -0.561. The van der Waals surface area contributed by atoms with Crippen LogP contribution in [-0.4, -0.2) is 23.0 Å². The fourth-order valence-corrected chi connectivity index (χ4v) is 2.64. The Kier molecular flexibility index (Phi) is 2.44. The van der Waals surface area contributed by atoms with Gasteiger partial charge in [0.15, 0.2) is 0 Å². The molecule has 2 N–H and O–H groups in total. The van der Waals surface area contributed by atoms with Crippen molar-refractivity contribution in [2.24, 2.45) is 11.8 Å². The number of fused-ring (bicyclic) bond motifs is 1.